The average molecular weight is 236 g/mol. The molecule has 3 N–H and O–H groups in total. The maximum atomic E-state index is 8.56. The number of nitrogens with two attached hydrogens (primary N) is 1. The Bertz CT molecular complexity index is 404. The first-order chi connectivity index (χ1) is 8.22. The van der Waals surface area contributed by atoms with Crippen molar-refractivity contribution in [3.05, 3.63) is 23.9 Å². The van der Waals surface area contributed by atoms with Gasteiger partial charge in [0, 0.05) is 18.3 Å². The second-order valence-corrected chi connectivity index (χ2v) is 4.01. The number of amidine groups is 1. The van der Waals surface area contributed by atoms with E-state index in [0.29, 0.717) is 24.8 Å². The van der Waals surface area contributed by atoms with E-state index in [2.05, 4.69) is 22.0 Å². The largest absolute Gasteiger partial charge is 0.409 e. The van der Waals surface area contributed by atoms with Crippen molar-refractivity contribution in [2.45, 2.75) is 13.0 Å². The molecule has 2 rings (SSSR count). The third-order valence-electron chi connectivity index (χ3n) is 2.81. The quantitative estimate of drug-likeness (QED) is 0.336. The summed E-state index contributed by atoms with van der Waals surface area (Å²) in [4.78, 5) is 6.50. The molecule has 1 aliphatic heterocycles. The minimum absolute atomic E-state index is 0.0686. The van der Waals surface area contributed by atoms with Gasteiger partial charge in [0.05, 0.1) is 19.3 Å². The van der Waals surface area contributed by atoms with Crippen molar-refractivity contribution in [1.82, 2.24) is 4.98 Å². The Balaban J connectivity index is 2.17. The second-order valence-electron chi connectivity index (χ2n) is 4.01. The highest BCUT2D eigenvalue weighted by Crippen LogP contribution is 2.17. The Labute approximate surface area is 99.7 Å². The van der Waals surface area contributed by atoms with Crippen LogP contribution in [0.5, 0.6) is 0 Å². The maximum absolute atomic E-state index is 8.56. The lowest BCUT2D eigenvalue weighted by Crippen LogP contribution is -2.44. The van der Waals surface area contributed by atoms with Crippen LogP contribution in [-0.4, -0.2) is 41.8 Å². The number of oxime groups is 1. The predicted molar refractivity (Wildman–Crippen MR) is 64.4 cm³/mol. The van der Waals surface area contributed by atoms with Gasteiger partial charge >= 0.3 is 0 Å². The summed E-state index contributed by atoms with van der Waals surface area (Å²) in [5.74, 6) is 0.953. The van der Waals surface area contributed by atoms with Gasteiger partial charge in [0.15, 0.2) is 5.84 Å². The smallest absolute Gasteiger partial charge is 0.171 e. The first-order valence-electron chi connectivity index (χ1n) is 5.50. The fraction of sp³-hybridized carbons (Fsp3) is 0.455. The van der Waals surface area contributed by atoms with Crippen LogP contribution >= 0.6 is 0 Å². The summed E-state index contributed by atoms with van der Waals surface area (Å²) in [6.07, 6.45) is 1.60. The van der Waals surface area contributed by atoms with Crippen LogP contribution in [0.4, 0.5) is 5.82 Å². The second kappa shape index (κ2) is 5.01. The van der Waals surface area contributed by atoms with E-state index in [1.165, 1.54) is 0 Å². The molecule has 17 heavy (non-hydrogen) atoms. The van der Waals surface area contributed by atoms with Gasteiger partial charge in [-0.3, -0.25) is 0 Å². The van der Waals surface area contributed by atoms with Crippen molar-refractivity contribution in [3.8, 4) is 0 Å². The molecule has 1 aromatic rings. The van der Waals surface area contributed by atoms with E-state index < -0.39 is 0 Å². The molecule has 1 aliphatic rings. The Morgan fingerprint density at radius 1 is 1.65 bits per heavy atom. The molecular formula is C11H16N4O2. The number of morpholine rings is 1. The van der Waals surface area contributed by atoms with E-state index in [0.717, 1.165) is 12.4 Å². The molecule has 0 bridgehead atoms. The fourth-order valence-corrected chi connectivity index (χ4v) is 1.83. The molecule has 0 aromatic carbocycles. The maximum Gasteiger partial charge on any atom is 0.171 e. The molecule has 0 radical (unpaired) electrons. The summed E-state index contributed by atoms with van der Waals surface area (Å²) < 4.78 is 5.37. The van der Waals surface area contributed by atoms with Crippen LogP contribution < -0.4 is 10.6 Å². The molecule has 6 nitrogen and oxygen atoms in total. The lowest BCUT2D eigenvalue weighted by molar-refractivity contribution is 0.0985. The standard InChI is InChI=1S/C11H16N4O2/c1-8-7-17-5-4-15(8)10-3-2-9(6-13-10)11(12)14-16/h2-3,6,8,16H,4-5,7H2,1H3,(H2,12,14). The van der Waals surface area contributed by atoms with E-state index in [9.17, 15) is 0 Å². The molecule has 1 fully saturated rings. The molecule has 1 atom stereocenters. The Morgan fingerprint density at radius 3 is 3.06 bits per heavy atom. The number of anilines is 1. The number of nitrogens with zero attached hydrogens (tertiary/aromatic N) is 3. The van der Waals surface area contributed by atoms with Crippen molar-refractivity contribution in [2.75, 3.05) is 24.7 Å². The molecular weight excluding hydrogens is 220 g/mol. The summed E-state index contributed by atoms with van der Waals surface area (Å²) >= 11 is 0. The minimum atomic E-state index is 0.0686. The zero-order valence-corrected chi connectivity index (χ0v) is 9.71. The number of pyridine rings is 1. The van der Waals surface area contributed by atoms with Crippen LogP contribution in [0.15, 0.2) is 23.5 Å². The van der Waals surface area contributed by atoms with Gasteiger partial charge in [0.25, 0.3) is 0 Å². The van der Waals surface area contributed by atoms with E-state index in [1.807, 2.05) is 6.07 Å². The van der Waals surface area contributed by atoms with Crippen molar-refractivity contribution < 1.29 is 9.94 Å². The minimum Gasteiger partial charge on any atom is -0.409 e. The van der Waals surface area contributed by atoms with Crippen LogP contribution in [0.1, 0.15) is 12.5 Å². The molecule has 6 heteroatoms. The summed E-state index contributed by atoms with van der Waals surface area (Å²) in [7, 11) is 0. The normalized spacial score (nSPS) is 21.6. The fourth-order valence-electron chi connectivity index (χ4n) is 1.83. The van der Waals surface area contributed by atoms with Gasteiger partial charge in [-0.15, -0.1) is 0 Å². The lowest BCUT2D eigenvalue weighted by atomic mass is 10.2. The molecule has 92 valence electrons. The Kier molecular flexibility index (Phi) is 3.43. The summed E-state index contributed by atoms with van der Waals surface area (Å²) in [5, 5.41) is 11.5. The van der Waals surface area contributed by atoms with Gasteiger partial charge < -0.3 is 20.6 Å². The van der Waals surface area contributed by atoms with Crippen LogP contribution in [0.3, 0.4) is 0 Å². The Hall–Kier alpha value is -1.82. The van der Waals surface area contributed by atoms with Crippen LogP contribution in [0, 0.1) is 0 Å². The predicted octanol–water partition coefficient (Wildman–Crippen LogP) is 0.401. The molecule has 0 saturated carbocycles. The third-order valence-corrected chi connectivity index (χ3v) is 2.81. The van der Waals surface area contributed by atoms with Crippen molar-refractivity contribution in [1.29, 1.82) is 0 Å². The van der Waals surface area contributed by atoms with Crippen molar-refractivity contribution >= 4 is 11.7 Å². The molecule has 0 aliphatic carbocycles. The highest BCUT2D eigenvalue weighted by atomic mass is 16.5. The average Bonchev–Trinajstić information content (AvgIpc) is 2.39. The van der Waals surface area contributed by atoms with Crippen LogP contribution in [-0.2, 0) is 4.74 Å². The SMILES string of the molecule is CC1COCCN1c1ccc(/C(N)=N/O)cn1. The molecule has 1 saturated heterocycles. The number of aromatic nitrogens is 1. The monoisotopic (exact) mass is 236 g/mol. The van der Waals surface area contributed by atoms with E-state index >= 15 is 0 Å². The first kappa shape index (κ1) is 11.7. The Morgan fingerprint density at radius 2 is 2.47 bits per heavy atom. The van der Waals surface area contributed by atoms with Gasteiger partial charge in [-0.05, 0) is 19.1 Å². The molecule has 0 amide bonds. The van der Waals surface area contributed by atoms with Crippen LogP contribution in [0.25, 0.3) is 0 Å². The van der Waals surface area contributed by atoms with Gasteiger partial charge in [0.1, 0.15) is 5.82 Å². The zero-order valence-electron chi connectivity index (χ0n) is 9.71. The van der Waals surface area contributed by atoms with Gasteiger partial charge in [-0.1, -0.05) is 5.16 Å². The van der Waals surface area contributed by atoms with Crippen LogP contribution in [0.2, 0.25) is 0 Å². The van der Waals surface area contributed by atoms with Crippen molar-refractivity contribution in [2.24, 2.45) is 10.9 Å². The lowest BCUT2D eigenvalue weighted by Gasteiger charge is -2.34. The number of hydrogen-bond donors (Lipinski definition) is 2. The first-order valence-corrected chi connectivity index (χ1v) is 5.50. The number of ether oxygens (including phenoxy) is 1. The van der Waals surface area contributed by atoms with Gasteiger partial charge in [-0.2, -0.15) is 0 Å². The molecule has 1 unspecified atom stereocenters. The highest BCUT2D eigenvalue weighted by Gasteiger charge is 2.19. The molecule has 2 heterocycles. The van der Waals surface area contributed by atoms with Gasteiger partial charge in [-0.25, -0.2) is 4.98 Å². The van der Waals surface area contributed by atoms with E-state index in [1.54, 1.807) is 12.3 Å². The summed E-state index contributed by atoms with van der Waals surface area (Å²) in [5.41, 5.74) is 6.08. The van der Waals surface area contributed by atoms with Crippen molar-refractivity contribution in [3.63, 3.8) is 0 Å². The molecule has 1 aromatic heterocycles. The summed E-state index contributed by atoms with van der Waals surface area (Å²) in [6.45, 7) is 4.35. The third kappa shape index (κ3) is 2.47. The number of hydrogen-bond acceptors (Lipinski definition) is 5. The van der Waals surface area contributed by atoms with E-state index in [4.69, 9.17) is 15.7 Å². The molecule has 0 spiro atoms. The zero-order chi connectivity index (χ0) is 12.3. The van der Waals surface area contributed by atoms with Gasteiger partial charge in [0.2, 0.25) is 0 Å². The summed E-state index contributed by atoms with van der Waals surface area (Å²) in [6, 6.07) is 3.97. The van der Waals surface area contributed by atoms with E-state index in [-0.39, 0.29) is 5.84 Å². The topological polar surface area (TPSA) is 84.0 Å². The highest BCUT2D eigenvalue weighted by molar-refractivity contribution is 5.96. The number of rotatable bonds is 2.